The van der Waals surface area contributed by atoms with Crippen LogP contribution in [0.4, 0.5) is 0 Å². The summed E-state index contributed by atoms with van der Waals surface area (Å²) in [4.78, 5) is 5.30. The third-order valence-corrected chi connectivity index (χ3v) is 5.44. The molecule has 0 amide bonds. The monoisotopic (exact) mass is 318 g/mol. The van der Waals surface area contributed by atoms with E-state index < -0.39 is 0 Å². The number of aromatic nitrogens is 1. The molecule has 1 aliphatic carbocycles. The highest BCUT2D eigenvalue weighted by molar-refractivity contribution is 7.11. The first-order chi connectivity index (χ1) is 10.8. The lowest BCUT2D eigenvalue weighted by molar-refractivity contribution is 0.105. The van der Waals surface area contributed by atoms with E-state index in [1.807, 2.05) is 11.3 Å². The maximum absolute atomic E-state index is 5.79. The number of fused-ring (bicyclic) bond motifs is 1. The van der Waals surface area contributed by atoms with Gasteiger partial charge in [0.2, 0.25) is 0 Å². The fourth-order valence-corrected chi connectivity index (χ4v) is 3.90. The van der Waals surface area contributed by atoms with Crippen molar-refractivity contribution in [2.75, 3.05) is 13.2 Å². The number of nitrogens with zero attached hydrogens (tertiary/aromatic N) is 2. The van der Waals surface area contributed by atoms with Gasteiger partial charge in [-0.2, -0.15) is 0 Å². The zero-order valence-electron chi connectivity index (χ0n) is 13.0. The third kappa shape index (κ3) is 3.26. The molecule has 0 saturated heterocycles. The number of ether oxygens (including phenoxy) is 1. The first kappa shape index (κ1) is 14.4. The van der Waals surface area contributed by atoms with Gasteiger partial charge in [0, 0.05) is 48.0 Å². The second-order valence-electron chi connectivity index (χ2n) is 6.46. The number of hydrogen-bond donors (Lipinski definition) is 0. The molecule has 0 spiro atoms. The third-order valence-electron chi connectivity index (χ3n) is 4.45. The van der Waals surface area contributed by atoms with Gasteiger partial charge in [-0.05, 0) is 37.8 Å². The van der Waals surface area contributed by atoms with Gasteiger partial charge in [-0.3, -0.25) is 4.90 Å². The Labute approximate surface area is 135 Å². The molecule has 2 aromatic heterocycles. The minimum absolute atomic E-state index is 0.598. The highest BCUT2D eigenvalue weighted by atomic mass is 32.1. The quantitative estimate of drug-likeness (QED) is 0.817. The van der Waals surface area contributed by atoms with Crippen LogP contribution >= 0.6 is 11.3 Å². The Morgan fingerprint density at radius 1 is 1.41 bits per heavy atom. The number of thiophene rings is 1. The molecule has 22 heavy (non-hydrogen) atoms. The molecular weight excluding hydrogens is 296 g/mol. The van der Waals surface area contributed by atoms with Crippen LogP contribution in [0.15, 0.2) is 16.7 Å². The predicted molar refractivity (Wildman–Crippen MR) is 85.8 cm³/mol. The molecule has 0 atom stereocenters. The van der Waals surface area contributed by atoms with E-state index in [1.165, 1.54) is 28.2 Å². The van der Waals surface area contributed by atoms with E-state index in [1.54, 1.807) is 0 Å². The van der Waals surface area contributed by atoms with E-state index in [0.29, 0.717) is 6.61 Å². The second-order valence-corrected chi connectivity index (χ2v) is 7.83. The van der Waals surface area contributed by atoms with Gasteiger partial charge < -0.3 is 9.26 Å². The Kier molecular flexibility index (Phi) is 4.03. The van der Waals surface area contributed by atoms with Gasteiger partial charge >= 0.3 is 0 Å². The smallest absolute Gasteiger partial charge is 0.142 e. The van der Waals surface area contributed by atoms with Crippen molar-refractivity contribution in [2.45, 2.75) is 45.9 Å². The van der Waals surface area contributed by atoms with Crippen molar-refractivity contribution >= 4 is 11.3 Å². The molecule has 1 fully saturated rings. The van der Waals surface area contributed by atoms with Gasteiger partial charge in [0.1, 0.15) is 11.5 Å². The molecule has 0 unspecified atom stereocenters. The fourth-order valence-electron chi connectivity index (χ4n) is 2.97. The summed E-state index contributed by atoms with van der Waals surface area (Å²) >= 11 is 1.89. The summed E-state index contributed by atoms with van der Waals surface area (Å²) in [6, 6.07) is 4.44. The Balaban J connectivity index is 1.39. The molecule has 4 rings (SSSR count). The van der Waals surface area contributed by atoms with Crippen molar-refractivity contribution in [1.29, 1.82) is 0 Å². The van der Waals surface area contributed by atoms with E-state index in [4.69, 9.17) is 9.26 Å². The lowest BCUT2D eigenvalue weighted by atomic mass is 10.1. The molecule has 1 aliphatic heterocycles. The van der Waals surface area contributed by atoms with Gasteiger partial charge in [0.25, 0.3) is 0 Å². The van der Waals surface area contributed by atoms with Crippen LogP contribution in [0.1, 0.15) is 39.6 Å². The number of aryl methyl sites for hydroxylation is 1. The van der Waals surface area contributed by atoms with Crippen molar-refractivity contribution in [2.24, 2.45) is 5.92 Å². The largest absolute Gasteiger partial charge is 0.375 e. The Hall–Kier alpha value is -1.17. The van der Waals surface area contributed by atoms with E-state index in [-0.39, 0.29) is 0 Å². The zero-order valence-corrected chi connectivity index (χ0v) is 13.8. The first-order valence-corrected chi connectivity index (χ1v) is 8.91. The van der Waals surface area contributed by atoms with Crippen LogP contribution < -0.4 is 0 Å². The molecule has 1 saturated carbocycles. The lowest BCUT2D eigenvalue weighted by Gasteiger charge is -2.25. The minimum Gasteiger partial charge on any atom is -0.375 e. The number of hydrogen-bond acceptors (Lipinski definition) is 5. The molecule has 0 aromatic carbocycles. The molecule has 118 valence electrons. The van der Waals surface area contributed by atoms with Crippen molar-refractivity contribution < 1.29 is 9.26 Å². The summed E-state index contributed by atoms with van der Waals surface area (Å²) in [7, 11) is 0. The Morgan fingerprint density at radius 3 is 3.09 bits per heavy atom. The van der Waals surface area contributed by atoms with Gasteiger partial charge in [0.15, 0.2) is 0 Å². The summed E-state index contributed by atoms with van der Waals surface area (Å²) in [6.07, 6.45) is 3.60. The average Bonchev–Trinajstić information content (AvgIpc) is 3.12. The zero-order chi connectivity index (χ0) is 14.9. The van der Waals surface area contributed by atoms with Gasteiger partial charge in [-0.15, -0.1) is 11.3 Å². The molecule has 2 aliphatic rings. The van der Waals surface area contributed by atoms with Crippen LogP contribution in [-0.4, -0.2) is 23.2 Å². The van der Waals surface area contributed by atoms with Gasteiger partial charge in [-0.1, -0.05) is 5.16 Å². The first-order valence-electron chi connectivity index (χ1n) is 8.09. The topological polar surface area (TPSA) is 38.5 Å². The fraction of sp³-hybridized carbons (Fsp3) is 0.588. The maximum atomic E-state index is 5.79. The van der Waals surface area contributed by atoms with Gasteiger partial charge in [0.05, 0.1) is 6.61 Å². The highest BCUT2D eigenvalue weighted by Crippen LogP contribution is 2.30. The standard InChI is InChI=1S/C17H22N2O2S/c1-12-2-5-14(22-12)8-19-7-6-17-15(9-19)16(18-21-17)11-20-10-13-3-4-13/h2,5,13H,3-4,6-11H2,1H3. The van der Waals surface area contributed by atoms with E-state index in [9.17, 15) is 0 Å². The summed E-state index contributed by atoms with van der Waals surface area (Å²) in [6.45, 7) is 6.63. The lowest BCUT2D eigenvalue weighted by Crippen LogP contribution is -2.29. The van der Waals surface area contributed by atoms with E-state index in [0.717, 1.165) is 50.0 Å². The van der Waals surface area contributed by atoms with E-state index >= 15 is 0 Å². The van der Waals surface area contributed by atoms with Crippen LogP contribution in [0.2, 0.25) is 0 Å². The van der Waals surface area contributed by atoms with Crippen molar-refractivity contribution in [3.8, 4) is 0 Å². The second kappa shape index (κ2) is 6.14. The van der Waals surface area contributed by atoms with Crippen LogP contribution in [-0.2, 0) is 30.9 Å². The van der Waals surface area contributed by atoms with Crippen LogP contribution in [0.3, 0.4) is 0 Å². The van der Waals surface area contributed by atoms with Crippen molar-refractivity contribution in [3.05, 3.63) is 38.9 Å². The molecule has 0 bridgehead atoms. The molecule has 0 radical (unpaired) electrons. The summed E-state index contributed by atoms with van der Waals surface area (Å²) in [5, 5.41) is 4.24. The van der Waals surface area contributed by atoms with Crippen LogP contribution in [0.25, 0.3) is 0 Å². The Morgan fingerprint density at radius 2 is 2.32 bits per heavy atom. The maximum Gasteiger partial charge on any atom is 0.142 e. The molecule has 3 heterocycles. The normalized spacial score (nSPS) is 18.6. The van der Waals surface area contributed by atoms with Crippen LogP contribution in [0, 0.1) is 12.8 Å². The summed E-state index contributed by atoms with van der Waals surface area (Å²) in [5.41, 5.74) is 2.26. The van der Waals surface area contributed by atoms with Crippen molar-refractivity contribution in [1.82, 2.24) is 10.1 Å². The van der Waals surface area contributed by atoms with Crippen molar-refractivity contribution in [3.63, 3.8) is 0 Å². The number of rotatable bonds is 6. The van der Waals surface area contributed by atoms with E-state index in [2.05, 4.69) is 29.1 Å². The molecule has 4 nitrogen and oxygen atoms in total. The molecule has 5 heteroatoms. The Bertz CT molecular complexity index is 645. The molecule has 2 aromatic rings. The summed E-state index contributed by atoms with van der Waals surface area (Å²) < 4.78 is 11.3. The molecule has 0 N–H and O–H groups in total. The van der Waals surface area contributed by atoms with Crippen LogP contribution in [0.5, 0.6) is 0 Å². The average molecular weight is 318 g/mol. The summed E-state index contributed by atoms with van der Waals surface area (Å²) in [5.74, 6) is 1.85. The predicted octanol–water partition coefficient (Wildman–Crippen LogP) is 3.53. The molecular formula is C17H22N2O2S. The minimum atomic E-state index is 0.598. The highest BCUT2D eigenvalue weighted by Gasteiger charge is 2.25. The van der Waals surface area contributed by atoms with Gasteiger partial charge in [-0.25, -0.2) is 0 Å². The SMILES string of the molecule is Cc1ccc(CN2CCc3onc(COCC4CC4)c3C2)s1.